The highest BCUT2D eigenvalue weighted by atomic mass is 35.5. The van der Waals surface area contributed by atoms with E-state index in [2.05, 4.69) is 49.9 Å². The predicted molar refractivity (Wildman–Crippen MR) is 75.3 cm³/mol. The minimum absolute atomic E-state index is 0.0487. The SMILES string of the molecule is Cc1sc2nc(Cl)nc(NC(C)(C)C)c2c1C. The summed E-state index contributed by atoms with van der Waals surface area (Å²) in [5.41, 5.74) is 1.18. The van der Waals surface area contributed by atoms with Crippen LogP contribution >= 0.6 is 22.9 Å². The van der Waals surface area contributed by atoms with Gasteiger partial charge in [-0.3, -0.25) is 0 Å². The molecule has 3 nitrogen and oxygen atoms in total. The standard InChI is InChI=1S/C12H16ClN3S/c1-6-7(2)17-10-8(6)9(14-11(13)15-10)16-12(3,4)5/h1-5H3,(H,14,15,16). The van der Waals surface area contributed by atoms with E-state index in [4.69, 9.17) is 11.6 Å². The van der Waals surface area contributed by atoms with Crippen molar-refractivity contribution < 1.29 is 0 Å². The van der Waals surface area contributed by atoms with Crippen LogP contribution in [0, 0.1) is 13.8 Å². The van der Waals surface area contributed by atoms with E-state index in [1.165, 1.54) is 10.4 Å². The summed E-state index contributed by atoms with van der Waals surface area (Å²) in [4.78, 5) is 10.8. The van der Waals surface area contributed by atoms with Gasteiger partial charge in [-0.05, 0) is 51.8 Å². The predicted octanol–water partition coefficient (Wildman–Crippen LogP) is 4.17. The molecule has 0 aromatic carbocycles. The summed E-state index contributed by atoms with van der Waals surface area (Å²) in [6.45, 7) is 10.5. The van der Waals surface area contributed by atoms with Crippen molar-refractivity contribution in [3.63, 3.8) is 0 Å². The highest BCUT2D eigenvalue weighted by Crippen LogP contribution is 2.34. The summed E-state index contributed by atoms with van der Waals surface area (Å²) in [6.07, 6.45) is 0. The van der Waals surface area contributed by atoms with E-state index in [1.807, 2.05) is 0 Å². The topological polar surface area (TPSA) is 37.8 Å². The molecule has 0 aliphatic heterocycles. The van der Waals surface area contributed by atoms with Crippen LogP contribution in [0.4, 0.5) is 5.82 Å². The van der Waals surface area contributed by atoms with Crippen molar-refractivity contribution in [1.29, 1.82) is 0 Å². The second-order valence-electron chi connectivity index (χ2n) is 5.18. The molecule has 2 aromatic rings. The number of thiophene rings is 1. The maximum Gasteiger partial charge on any atom is 0.225 e. The molecule has 0 aliphatic carbocycles. The molecule has 1 N–H and O–H groups in total. The van der Waals surface area contributed by atoms with Crippen molar-refractivity contribution >= 4 is 39.0 Å². The number of nitrogens with zero attached hydrogens (tertiary/aromatic N) is 2. The Morgan fingerprint density at radius 3 is 2.41 bits per heavy atom. The number of aromatic nitrogens is 2. The first kappa shape index (κ1) is 12.6. The Labute approximate surface area is 110 Å². The third-order valence-electron chi connectivity index (χ3n) is 2.49. The van der Waals surface area contributed by atoms with Gasteiger partial charge in [0.1, 0.15) is 10.6 Å². The fraction of sp³-hybridized carbons (Fsp3) is 0.500. The second-order valence-corrected chi connectivity index (χ2v) is 6.72. The van der Waals surface area contributed by atoms with E-state index >= 15 is 0 Å². The summed E-state index contributed by atoms with van der Waals surface area (Å²) in [5.74, 6) is 0.828. The maximum absolute atomic E-state index is 5.96. The van der Waals surface area contributed by atoms with Crippen LogP contribution in [0.15, 0.2) is 0 Å². The van der Waals surface area contributed by atoms with Gasteiger partial charge in [0.2, 0.25) is 5.28 Å². The van der Waals surface area contributed by atoms with Crippen LogP contribution < -0.4 is 5.32 Å². The van der Waals surface area contributed by atoms with Crippen LogP contribution in [0.25, 0.3) is 10.2 Å². The molecule has 0 saturated heterocycles. The third kappa shape index (κ3) is 2.53. The van der Waals surface area contributed by atoms with Gasteiger partial charge >= 0.3 is 0 Å². The van der Waals surface area contributed by atoms with E-state index < -0.39 is 0 Å². The van der Waals surface area contributed by atoms with Crippen LogP contribution in [0.5, 0.6) is 0 Å². The Morgan fingerprint density at radius 2 is 1.82 bits per heavy atom. The Balaban J connectivity index is 2.68. The highest BCUT2D eigenvalue weighted by Gasteiger charge is 2.18. The molecule has 0 unspecified atom stereocenters. The molecule has 0 atom stereocenters. The van der Waals surface area contributed by atoms with Gasteiger partial charge in [0.15, 0.2) is 0 Å². The zero-order chi connectivity index (χ0) is 12.8. The van der Waals surface area contributed by atoms with Crippen LogP contribution in [0.3, 0.4) is 0 Å². The van der Waals surface area contributed by atoms with E-state index in [-0.39, 0.29) is 5.54 Å². The normalized spacial score (nSPS) is 12.1. The van der Waals surface area contributed by atoms with Crippen LogP contribution in [-0.4, -0.2) is 15.5 Å². The lowest BCUT2D eigenvalue weighted by molar-refractivity contribution is 0.631. The summed E-state index contributed by atoms with van der Waals surface area (Å²) in [7, 11) is 0. The van der Waals surface area contributed by atoms with Gasteiger partial charge in [-0.15, -0.1) is 11.3 Å². The number of anilines is 1. The lowest BCUT2D eigenvalue weighted by Gasteiger charge is -2.22. The number of rotatable bonds is 1. The number of fused-ring (bicyclic) bond motifs is 1. The van der Waals surface area contributed by atoms with Crippen molar-refractivity contribution in [3.05, 3.63) is 15.7 Å². The lowest BCUT2D eigenvalue weighted by Crippen LogP contribution is -2.26. The fourth-order valence-electron chi connectivity index (χ4n) is 1.67. The smallest absolute Gasteiger partial charge is 0.225 e. The zero-order valence-corrected chi connectivity index (χ0v) is 12.3. The quantitative estimate of drug-likeness (QED) is 0.790. The summed E-state index contributed by atoms with van der Waals surface area (Å²) >= 11 is 7.62. The average molecular weight is 270 g/mol. The Bertz CT molecular complexity index is 569. The largest absolute Gasteiger partial charge is 0.365 e. The molecule has 2 aromatic heterocycles. The second kappa shape index (κ2) is 4.10. The van der Waals surface area contributed by atoms with Crippen molar-refractivity contribution in [2.45, 2.75) is 40.2 Å². The number of halogens is 1. The van der Waals surface area contributed by atoms with Crippen molar-refractivity contribution in [2.24, 2.45) is 0 Å². The maximum atomic E-state index is 5.96. The number of hydrogen-bond donors (Lipinski definition) is 1. The monoisotopic (exact) mass is 269 g/mol. The molecule has 0 bridgehead atoms. The van der Waals surface area contributed by atoms with Crippen molar-refractivity contribution in [2.75, 3.05) is 5.32 Å². The first-order valence-corrected chi connectivity index (χ1v) is 6.69. The molecule has 0 spiro atoms. The number of hydrogen-bond acceptors (Lipinski definition) is 4. The molecule has 2 rings (SSSR count). The molecule has 92 valence electrons. The van der Waals surface area contributed by atoms with Gasteiger partial charge in [0.25, 0.3) is 0 Å². The van der Waals surface area contributed by atoms with Gasteiger partial charge in [-0.25, -0.2) is 9.97 Å². The summed E-state index contributed by atoms with van der Waals surface area (Å²) in [6, 6.07) is 0. The van der Waals surface area contributed by atoms with Crippen LogP contribution in [0.2, 0.25) is 5.28 Å². The fourth-order valence-corrected chi connectivity index (χ4v) is 2.92. The minimum atomic E-state index is -0.0487. The molecule has 0 fully saturated rings. The van der Waals surface area contributed by atoms with E-state index in [9.17, 15) is 0 Å². The molecule has 0 aliphatic rings. The molecule has 0 radical (unpaired) electrons. The molecule has 0 amide bonds. The van der Waals surface area contributed by atoms with Crippen LogP contribution in [-0.2, 0) is 0 Å². The first-order valence-electron chi connectivity index (χ1n) is 5.49. The van der Waals surface area contributed by atoms with E-state index in [1.54, 1.807) is 11.3 Å². The summed E-state index contributed by atoms with van der Waals surface area (Å²) in [5, 5.41) is 4.78. The van der Waals surface area contributed by atoms with Crippen molar-refractivity contribution in [1.82, 2.24) is 9.97 Å². The van der Waals surface area contributed by atoms with E-state index in [0.717, 1.165) is 16.0 Å². The Hall–Kier alpha value is -0.870. The molecule has 5 heteroatoms. The number of nitrogens with one attached hydrogen (secondary N) is 1. The Kier molecular flexibility index (Phi) is 3.04. The van der Waals surface area contributed by atoms with Crippen molar-refractivity contribution in [3.8, 4) is 0 Å². The highest BCUT2D eigenvalue weighted by molar-refractivity contribution is 7.18. The lowest BCUT2D eigenvalue weighted by atomic mass is 10.1. The minimum Gasteiger partial charge on any atom is -0.365 e. The van der Waals surface area contributed by atoms with Crippen LogP contribution in [0.1, 0.15) is 31.2 Å². The van der Waals surface area contributed by atoms with E-state index in [0.29, 0.717) is 5.28 Å². The molecule has 0 saturated carbocycles. The molecule has 2 heterocycles. The third-order valence-corrected chi connectivity index (χ3v) is 3.76. The molecular formula is C12H16ClN3S. The zero-order valence-electron chi connectivity index (χ0n) is 10.7. The first-order chi connectivity index (χ1) is 7.78. The average Bonchev–Trinajstić information content (AvgIpc) is 2.39. The molecule has 17 heavy (non-hydrogen) atoms. The van der Waals surface area contributed by atoms with Gasteiger partial charge in [-0.2, -0.15) is 0 Å². The van der Waals surface area contributed by atoms with Gasteiger partial charge in [-0.1, -0.05) is 0 Å². The van der Waals surface area contributed by atoms with Gasteiger partial charge in [0.05, 0.1) is 5.39 Å². The number of aryl methyl sites for hydroxylation is 2. The van der Waals surface area contributed by atoms with Gasteiger partial charge in [0, 0.05) is 10.4 Å². The summed E-state index contributed by atoms with van der Waals surface area (Å²) < 4.78 is 0. The van der Waals surface area contributed by atoms with Gasteiger partial charge < -0.3 is 5.32 Å². The molecular weight excluding hydrogens is 254 g/mol. The Morgan fingerprint density at radius 1 is 1.18 bits per heavy atom.